The number of para-hydroxylation sites is 1. The van der Waals surface area contributed by atoms with E-state index in [2.05, 4.69) is 50.5 Å². The van der Waals surface area contributed by atoms with Gasteiger partial charge in [0, 0.05) is 36.9 Å². The number of hydrogen-bond donors (Lipinski definition) is 1. The molecular formula is C18H22N4. The molecule has 0 radical (unpaired) electrons. The molecule has 1 aromatic heterocycles. The summed E-state index contributed by atoms with van der Waals surface area (Å²) >= 11 is 0. The lowest BCUT2D eigenvalue weighted by molar-refractivity contribution is 0.525. The predicted molar refractivity (Wildman–Crippen MR) is 89.3 cm³/mol. The van der Waals surface area contributed by atoms with Crippen molar-refractivity contribution in [3.05, 3.63) is 48.4 Å². The number of nitrogens with zero attached hydrogens (tertiary/aromatic N) is 3. The summed E-state index contributed by atoms with van der Waals surface area (Å²) in [6.07, 6.45) is 6.69. The largest absolute Gasteiger partial charge is 0.371 e. The summed E-state index contributed by atoms with van der Waals surface area (Å²) in [5.74, 6) is 2.63. The van der Waals surface area contributed by atoms with Gasteiger partial charge in [-0.2, -0.15) is 0 Å². The third kappa shape index (κ3) is 3.06. The van der Waals surface area contributed by atoms with E-state index in [0.717, 1.165) is 37.6 Å². The minimum Gasteiger partial charge on any atom is -0.371 e. The molecular weight excluding hydrogens is 272 g/mol. The molecule has 114 valence electrons. The highest BCUT2D eigenvalue weighted by atomic mass is 15.2. The van der Waals surface area contributed by atoms with E-state index in [4.69, 9.17) is 0 Å². The first-order valence-electron chi connectivity index (χ1n) is 8.28. The van der Waals surface area contributed by atoms with E-state index >= 15 is 0 Å². The predicted octanol–water partition coefficient (Wildman–Crippen LogP) is 3.43. The Morgan fingerprint density at radius 3 is 2.45 bits per heavy atom. The summed E-state index contributed by atoms with van der Waals surface area (Å²) in [4.78, 5) is 11.5. The second-order valence-corrected chi connectivity index (χ2v) is 6.32. The molecule has 2 aliphatic rings. The minimum absolute atomic E-state index is 0.516. The molecule has 0 atom stereocenters. The Morgan fingerprint density at radius 2 is 1.73 bits per heavy atom. The Hall–Kier alpha value is -2.10. The van der Waals surface area contributed by atoms with E-state index in [1.807, 2.05) is 12.3 Å². The molecule has 0 unspecified atom stereocenters. The maximum Gasteiger partial charge on any atom is 0.133 e. The Bertz CT molecular complexity index is 616. The van der Waals surface area contributed by atoms with Gasteiger partial charge >= 0.3 is 0 Å². The van der Waals surface area contributed by atoms with Crippen LogP contribution in [0.2, 0.25) is 0 Å². The van der Waals surface area contributed by atoms with Gasteiger partial charge in [-0.1, -0.05) is 18.2 Å². The highest BCUT2D eigenvalue weighted by Crippen LogP contribution is 2.38. The lowest BCUT2D eigenvalue weighted by atomic mass is 10.0. The normalized spacial score (nSPS) is 19.2. The van der Waals surface area contributed by atoms with Crippen LogP contribution in [0, 0.1) is 0 Å². The van der Waals surface area contributed by atoms with Crippen molar-refractivity contribution < 1.29 is 0 Å². The first-order chi connectivity index (χ1) is 10.9. The summed E-state index contributed by atoms with van der Waals surface area (Å²) < 4.78 is 0. The Labute approximate surface area is 131 Å². The fraction of sp³-hybridized carbons (Fsp3) is 0.444. The van der Waals surface area contributed by atoms with Crippen molar-refractivity contribution in [1.82, 2.24) is 9.97 Å². The van der Waals surface area contributed by atoms with Crippen molar-refractivity contribution in [3.8, 4) is 0 Å². The SMILES string of the molecule is c1ccc(N2CCC(Nc3ccnc(C4CC4)n3)CC2)cc1. The molecule has 0 amide bonds. The van der Waals surface area contributed by atoms with Crippen LogP contribution < -0.4 is 10.2 Å². The molecule has 4 heteroatoms. The van der Waals surface area contributed by atoms with Crippen LogP contribution in [0.4, 0.5) is 11.5 Å². The molecule has 0 bridgehead atoms. The lowest BCUT2D eigenvalue weighted by Gasteiger charge is -2.34. The molecule has 0 spiro atoms. The number of piperidine rings is 1. The van der Waals surface area contributed by atoms with Crippen LogP contribution in [-0.4, -0.2) is 29.1 Å². The monoisotopic (exact) mass is 294 g/mol. The molecule has 1 saturated heterocycles. The van der Waals surface area contributed by atoms with Crippen LogP contribution in [0.15, 0.2) is 42.6 Å². The van der Waals surface area contributed by atoms with Crippen LogP contribution in [0.1, 0.15) is 37.4 Å². The van der Waals surface area contributed by atoms with Crippen molar-refractivity contribution in [3.63, 3.8) is 0 Å². The molecule has 4 rings (SSSR count). The molecule has 2 aromatic rings. The number of anilines is 2. The zero-order valence-electron chi connectivity index (χ0n) is 12.8. The van der Waals surface area contributed by atoms with E-state index in [0.29, 0.717) is 12.0 Å². The van der Waals surface area contributed by atoms with Crippen LogP contribution in [0.25, 0.3) is 0 Å². The van der Waals surface area contributed by atoms with Crippen molar-refractivity contribution in [1.29, 1.82) is 0 Å². The van der Waals surface area contributed by atoms with Crippen LogP contribution in [0.3, 0.4) is 0 Å². The topological polar surface area (TPSA) is 41.0 Å². The van der Waals surface area contributed by atoms with Crippen molar-refractivity contribution in [2.75, 3.05) is 23.3 Å². The van der Waals surface area contributed by atoms with Gasteiger partial charge < -0.3 is 10.2 Å². The highest BCUT2D eigenvalue weighted by molar-refractivity contribution is 5.46. The van der Waals surface area contributed by atoms with Crippen molar-refractivity contribution in [2.45, 2.75) is 37.6 Å². The van der Waals surface area contributed by atoms with Gasteiger partial charge in [-0.3, -0.25) is 0 Å². The fourth-order valence-electron chi connectivity index (χ4n) is 3.12. The molecule has 2 fully saturated rings. The maximum atomic E-state index is 4.67. The summed E-state index contributed by atoms with van der Waals surface area (Å²) in [5.41, 5.74) is 1.33. The minimum atomic E-state index is 0.516. The average molecular weight is 294 g/mol. The molecule has 1 aliphatic carbocycles. The number of rotatable bonds is 4. The molecule has 1 N–H and O–H groups in total. The van der Waals surface area contributed by atoms with Gasteiger partial charge in [-0.15, -0.1) is 0 Å². The van der Waals surface area contributed by atoms with Gasteiger partial charge in [-0.25, -0.2) is 9.97 Å². The fourth-order valence-corrected chi connectivity index (χ4v) is 3.12. The second kappa shape index (κ2) is 5.95. The van der Waals surface area contributed by atoms with E-state index < -0.39 is 0 Å². The van der Waals surface area contributed by atoms with Crippen LogP contribution >= 0.6 is 0 Å². The molecule has 22 heavy (non-hydrogen) atoms. The maximum absolute atomic E-state index is 4.67. The summed E-state index contributed by atoms with van der Waals surface area (Å²) in [6.45, 7) is 2.20. The molecule has 1 aromatic carbocycles. The second-order valence-electron chi connectivity index (χ2n) is 6.32. The number of aromatic nitrogens is 2. The van der Waals surface area contributed by atoms with Crippen LogP contribution in [-0.2, 0) is 0 Å². The highest BCUT2D eigenvalue weighted by Gasteiger charge is 2.27. The van der Waals surface area contributed by atoms with E-state index in [-0.39, 0.29) is 0 Å². The van der Waals surface area contributed by atoms with Gasteiger partial charge in [0.25, 0.3) is 0 Å². The molecule has 1 saturated carbocycles. The Balaban J connectivity index is 1.35. The molecule has 2 heterocycles. The number of hydrogen-bond acceptors (Lipinski definition) is 4. The van der Waals surface area contributed by atoms with E-state index in [1.165, 1.54) is 18.5 Å². The first kappa shape index (κ1) is 13.6. The van der Waals surface area contributed by atoms with E-state index in [9.17, 15) is 0 Å². The van der Waals surface area contributed by atoms with Crippen molar-refractivity contribution >= 4 is 11.5 Å². The zero-order chi connectivity index (χ0) is 14.8. The van der Waals surface area contributed by atoms with E-state index in [1.54, 1.807) is 0 Å². The summed E-state index contributed by atoms with van der Waals surface area (Å²) in [6, 6.07) is 13.2. The van der Waals surface area contributed by atoms with Crippen molar-refractivity contribution in [2.24, 2.45) is 0 Å². The van der Waals surface area contributed by atoms with Gasteiger partial charge in [0.15, 0.2) is 0 Å². The summed E-state index contributed by atoms with van der Waals surface area (Å²) in [7, 11) is 0. The Kier molecular flexibility index (Phi) is 3.67. The smallest absolute Gasteiger partial charge is 0.133 e. The third-order valence-electron chi connectivity index (χ3n) is 4.59. The third-order valence-corrected chi connectivity index (χ3v) is 4.59. The number of nitrogens with one attached hydrogen (secondary N) is 1. The standard InChI is InChI=1S/C18H22N4/c1-2-4-16(5-3-1)22-12-9-15(10-13-22)20-17-8-11-19-18(21-17)14-6-7-14/h1-5,8,11,14-15H,6-7,9-10,12-13H2,(H,19,20,21). The van der Waals surface area contributed by atoms with Gasteiger partial charge in [0.05, 0.1) is 0 Å². The average Bonchev–Trinajstić information content (AvgIpc) is 3.42. The quantitative estimate of drug-likeness (QED) is 0.938. The van der Waals surface area contributed by atoms with Gasteiger partial charge in [-0.05, 0) is 43.9 Å². The van der Waals surface area contributed by atoms with Crippen LogP contribution in [0.5, 0.6) is 0 Å². The number of benzene rings is 1. The van der Waals surface area contributed by atoms with Gasteiger partial charge in [0.1, 0.15) is 11.6 Å². The molecule has 1 aliphatic heterocycles. The summed E-state index contributed by atoms with van der Waals surface area (Å²) in [5, 5.41) is 3.60. The first-order valence-corrected chi connectivity index (χ1v) is 8.28. The molecule has 4 nitrogen and oxygen atoms in total. The zero-order valence-corrected chi connectivity index (χ0v) is 12.8. The van der Waals surface area contributed by atoms with Gasteiger partial charge in [0.2, 0.25) is 0 Å². The lowest BCUT2D eigenvalue weighted by Crippen LogP contribution is -2.39. The Morgan fingerprint density at radius 1 is 0.955 bits per heavy atom.